The van der Waals surface area contributed by atoms with Gasteiger partial charge < -0.3 is 9.88 Å². The van der Waals surface area contributed by atoms with E-state index in [0.717, 1.165) is 17.3 Å². The Bertz CT molecular complexity index is 455. The second-order valence-electron chi connectivity index (χ2n) is 4.53. The molecule has 0 saturated carbocycles. The van der Waals surface area contributed by atoms with Gasteiger partial charge in [-0.2, -0.15) is 0 Å². The second-order valence-corrected chi connectivity index (χ2v) is 5.45. The van der Waals surface area contributed by atoms with Crippen LogP contribution in [0.1, 0.15) is 26.7 Å². The minimum Gasteiger partial charge on any atom is -0.356 e. The molecule has 1 N–H and O–H groups in total. The highest BCUT2D eigenvalue weighted by molar-refractivity contribution is 9.10. The zero-order valence-electron chi connectivity index (χ0n) is 10.8. The summed E-state index contributed by atoms with van der Waals surface area (Å²) in [5.41, 5.74) is 0.00409. The molecule has 0 atom stereocenters. The molecule has 0 radical (unpaired) electrons. The monoisotopic (exact) mass is 314 g/mol. The van der Waals surface area contributed by atoms with Crippen molar-refractivity contribution in [2.45, 2.75) is 33.2 Å². The maximum Gasteiger partial charge on any atom is 0.250 e. The van der Waals surface area contributed by atoms with Gasteiger partial charge in [-0.25, -0.2) is 0 Å². The number of unbranched alkanes of at least 4 members (excludes halogenated alkanes) is 1. The zero-order valence-corrected chi connectivity index (χ0v) is 12.4. The van der Waals surface area contributed by atoms with Crippen LogP contribution in [0.3, 0.4) is 0 Å². The van der Waals surface area contributed by atoms with Crippen molar-refractivity contribution >= 4 is 21.8 Å². The Hall–Kier alpha value is -1.10. The molecule has 5 heteroatoms. The Kier molecular flexibility index (Phi) is 6.12. The molecule has 1 amide bonds. The van der Waals surface area contributed by atoms with Gasteiger partial charge in [0.25, 0.3) is 5.56 Å². The first-order valence-electron chi connectivity index (χ1n) is 6.14. The van der Waals surface area contributed by atoms with Gasteiger partial charge in [0.2, 0.25) is 5.91 Å². The Morgan fingerprint density at radius 3 is 2.78 bits per heavy atom. The van der Waals surface area contributed by atoms with E-state index >= 15 is 0 Å². The SMILES string of the molecule is CC(C)C(=O)NCCCCn1cc(Br)ccc1=O. The third kappa shape index (κ3) is 5.04. The van der Waals surface area contributed by atoms with E-state index in [1.165, 1.54) is 0 Å². The summed E-state index contributed by atoms with van der Waals surface area (Å²) in [6.45, 7) is 5.09. The summed E-state index contributed by atoms with van der Waals surface area (Å²) < 4.78 is 2.57. The lowest BCUT2D eigenvalue weighted by Gasteiger charge is -2.08. The number of pyridine rings is 1. The number of amides is 1. The molecule has 4 nitrogen and oxygen atoms in total. The number of hydrogen-bond acceptors (Lipinski definition) is 2. The zero-order chi connectivity index (χ0) is 13.5. The van der Waals surface area contributed by atoms with Crippen molar-refractivity contribution in [2.75, 3.05) is 6.54 Å². The predicted octanol–water partition coefficient (Wildman–Crippen LogP) is 2.16. The highest BCUT2D eigenvalue weighted by Crippen LogP contribution is 2.05. The average molecular weight is 315 g/mol. The highest BCUT2D eigenvalue weighted by Gasteiger charge is 2.04. The minimum absolute atomic E-state index is 0.00409. The molecule has 1 rings (SSSR count). The lowest BCUT2D eigenvalue weighted by Crippen LogP contribution is -2.28. The fraction of sp³-hybridized carbons (Fsp3) is 0.538. The van der Waals surface area contributed by atoms with E-state index in [1.54, 1.807) is 22.9 Å². The molecular formula is C13H19BrN2O2. The predicted molar refractivity (Wildman–Crippen MR) is 75.5 cm³/mol. The first-order chi connectivity index (χ1) is 8.50. The highest BCUT2D eigenvalue weighted by atomic mass is 79.9. The van der Waals surface area contributed by atoms with Crippen LogP contribution in [-0.2, 0) is 11.3 Å². The van der Waals surface area contributed by atoms with Gasteiger partial charge in [0.05, 0.1) is 0 Å². The number of hydrogen-bond donors (Lipinski definition) is 1. The van der Waals surface area contributed by atoms with E-state index < -0.39 is 0 Å². The molecule has 0 aliphatic carbocycles. The first-order valence-corrected chi connectivity index (χ1v) is 6.93. The standard InChI is InChI=1S/C13H19BrN2O2/c1-10(2)13(18)15-7-3-4-8-16-9-11(14)5-6-12(16)17/h5-6,9-10H,3-4,7-8H2,1-2H3,(H,15,18). The number of aromatic nitrogens is 1. The number of carbonyl (C=O) groups excluding carboxylic acids is 1. The van der Waals surface area contributed by atoms with Crippen LogP contribution in [0.2, 0.25) is 0 Å². The van der Waals surface area contributed by atoms with E-state index in [4.69, 9.17) is 0 Å². The molecule has 100 valence electrons. The Morgan fingerprint density at radius 2 is 2.11 bits per heavy atom. The molecule has 1 aromatic rings. The van der Waals surface area contributed by atoms with Crippen LogP contribution in [0.4, 0.5) is 0 Å². The summed E-state index contributed by atoms with van der Waals surface area (Å²) in [5, 5.41) is 2.86. The van der Waals surface area contributed by atoms with Crippen molar-refractivity contribution in [1.82, 2.24) is 9.88 Å². The van der Waals surface area contributed by atoms with Crippen LogP contribution >= 0.6 is 15.9 Å². The maximum atomic E-state index is 11.5. The van der Waals surface area contributed by atoms with Crippen LogP contribution in [0.25, 0.3) is 0 Å². The van der Waals surface area contributed by atoms with Gasteiger partial charge in [0.1, 0.15) is 0 Å². The van der Waals surface area contributed by atoms with Gasteiger partial charge in [-0.3, -0.25) is 9.59 Å². The molecule has 1 aromatic heterocycles. The summed E-state index contributed by atoms with van der Waals surface area (Å²) >= 11 is 3.34. The third-order valence-electron chi connectivity index (χ3n) is 2.60. The van der Waals surface area contributed by atoms with Crippen LogP contribution in [-0.4, -0.2) is 17.0 Å². The third-order valence-corrected chi connectivity index (χ3v) is 3.07. The van der Waals surface area contributed by atoms with Gasteiger partial charge in [-0.15, -0.1) is 0 Å². The minimum atomic E-state index is 0.00409. The van der Waals surface area contributed by atoms with Gasteiger partial charge in [0, 0.05) is 35.7 Å². The van der Waals surface area contributed by atoms with E-state index in [1.807, 2.05) is 13.8 Å². The number of rotatable bonds is 6. The van der Waals surface area contributed by atoms with Crippen LogP contribution < -0.4 is 10.9 Å². The smallest absolute Gasteiger partial charge is 0.250 e. The molecule has 0 aliphatic rings. The van der Waals surface area contributed by atoms with Gasteiger partial charge in [0.15, 0.2) is 0 Å². The number of nitrogens with zero attached hydrogens (tertiary/aromatic N) is 1. The van der Waals surface area contributed by atoms with Gasteiger partial charge >= 0.3 is 0 Å². The van der Waals surface area contributed by atoms with E-state index in [-0.39, 0.29) is 17.4 Å². The van der Waals surface area contributed by atoms with Crippen LogP contribution in [0.5, 0.6) is 0 Å². The van der Waals surface area contributed by atoms with Crippen molar-refractivity contribution in [1.29, 1.82) is 0 Å². The summed E-state index contributed by atoms with van der Waals surface area (Å²) in [7, 11) is 0. The molecule has 0 unspecified atom stereocenters. The Morgan fingerprint density at radius 1 is 1.39 bits per heavy atom. The van der Waals surface area contributed by atoms with E-state index in [0.29, 0.717) is 13.1 Å². The largest absolute Gasteiger partial charge is 0.356 e. The molecule has 0 saturated heterocycles. The van der Waals surface area contributed by atoms with E-state index in [2.05, 4.69) is 21.2 Å². The summed E-state index contributed by atoms with van der Waals surface area (Å²) in [5.74, 6) is 0.104. The summed E-state index contributed by atoms with van der Waals surface area (Å²) in [4.78, 5) is 22.8. The molecular weight excluding hydrogens is 296 g/mol. The maximum absolute atomic E-state index is 11.5. The first kappa shape index (κ1) is 15.0. The Balaban J connectivity index is 2.28. The van der Waals surface area contributed by atoms with Crippen molar-refractivity contribution in [3.63, 3.8) is 0 Å². The molecule has 0 bridgehead atoms. The fourth-order valence-corrected chi connectivity index (χ4v) is 1.88. The molecule has 1 heterocycles. The quantitative estimate of drug-likeness (QED) is 0.818. The molecule has 0 aliphatic heterocycles. The van der Waals surface area contributed by atoms with Crippen LogP contribution in [0, 0.1) is 5.92 Å². The number of carbonyl (C=O) groups is 1. The number of aryl methyl sites for hydroxylation is 1. The lowest BCUT2D eigenvalue weighted by molar-refractivity contribution is -0.123. The number of halogens is 1. The fourth-order valence-electron chi connectivity index (χ4n) is 1.50. The molecule has 0 fully saturated rings. The van der Waals surface area contributed by atoms with Gasteiger partial charge in [-0.05, 0) is 34.8 Å². The summed E-state index contributed by atoms with van der Waals surface area (Å²) in [6.07, 6.45) is 3.53. The van der Waals surface area contributed by atoms with Gasteiger partial charge in [-0.1, -0.05) is 13.8 Å². The van der Waals surface area contributed by atoms with Crippen molar-refractivity contribution < 1.29 is 4.79 Å². The van der Waals surface area contributed by atoms with Crippen molar-refractivity contribution in [3.05, 3.63) is 33.2 Å². The molecule has 0 aromatic carbocycles. The topological polar surface area (TPSA) is 51.1 Å². The number of nitrogens with one attached hydrogen (secondary N) is 1. The van der Waals surface area contributed by atoms with Crippen molar-refractivity contribution in [3.8, 4) is 0 Å². The molecule has 0 spiro atoms. The van der Waals surface area contributed by atoms with Crippen LogP contribution in [0.15, 0.2) is 27.6 Å². The summed E-state index contributed by atoms with van der Waals surface area (Å²) in [6, 6.07) is 3.28. The normalized spacial score (nSPS) is 10.7. The average Bonchev–Trinajstić information content (AvgIpc) is 2.32. The lowest BCUT2D eigenvalue weighted by atomic mass is 10.2. The molecule has 18 heavy (non-hydrogen) atoms. The Labute approximate surface area is 116 Å². The second kappa shape index (κ2) is 7.36. The van der Waals surface area contributed by atoms with E-state index in [9.17, 15) is 9.59 Å². The van der Waals surface area contributed by atoms with Crippen molar-refractivity contribution in [2.24, 2.45) is 5.92 Å².